The van der Waals surface area contributed by atoms with Crippen LogP contribution >= 0.6 is 0 Å². The second-order valence-corrected chi connectivity index (χ2v) is 5.58. The molecule has 0 aliphatic rings. The minimum Gasteiger partial charge on any atom is -0.507 e. The maximum absolute atomic E-state index is 13.0. The van der Waals surface area contributed by atoms with Crippen LogP contribution in [-0.2, 0) is 0 Å². The van der Waals surface area contributed by atoms with Gasteiger partial charge in [0, 0.05) is 11.3 Å². The third-order valence-corrected chi connectivity index (χ3v) is 3.81. The van der Waals surface area contributed by atoms with Gasteiger partial charge in [0.1, 0.15) is 17.1 Å². The highest BCUT2D eigenvalue weighted by molar-refractivity contribution is 6.06. The van der Waals surface area contributed by atoms with Crippen LogP contribution in [0.1, 0.15) is 20.7 Å². The summed E-state index contributed by atoms with van der Waals surface area (Å²) in [6.07, 6.45) is 0. The van der Waals surface area contributed by atoms with Gasteiger partial charge in [0.15, 0.2) is 0 Å². The van der Waals surface area contributed by atoms with E-state index < -0.39 is 17.6 Å². The SMILES string of the molecule is O=C(Nc1ccc(-c2ccc(F)cc2)cc1)c1ccc(O)c(C(=O)O)c1. The Morgan fingerprint density at radius 2 is 1.42 bits per heavy atom. The third kappa shape index (κ3) is 3.70. The average molecular weight is 351 g/mol. The second-order valence-electron chi connectivity index (χ2n) is 5.58. The molecule has 0 spiro atoms. The fourth-order valence-corrected chi connectivity index (χ4v) is 2.44. The molecule has 6 heteroatoms. The van der Waals surface area contributed by atoms with Crippen LogP contribution in [0.4, 0.5) is 10.1 Å². The molecule has 0 saturated carbocycles. The van der Waals surface area contributed by atoms with E-state index in [1.165, 1.54) is 18.2 Å². The van der Waals surface area contributed by atoms with Crippen LogP contribution in [0, 0.1) is 5.82 Å². The third-order valence-electron chi connectivity index (χ3n) is 3.81. The lowest BCUT2D eigenvalue weighted by atomic mass is 10.1. The molecule has 5 nitrogen and oxygen atoms in total. The zero-order chi connectivity index (χ0) is 18.7. The summed E-state index contributed by atoms with van der Waals surface area (Å²) in [6, 6.07) is 16.6. The van der Waals surface area contributed by atoms with E-state index in [1.807, 2.05) is 0 Å². The second kappa shape index (κ2) is 7.06. The van der Waals surface area contributed by atoms with Crippen LogP contribution in [-0.4, -0.2) is 22.1 Å². The molecule has 0 aromatic heterocycles. The normalized spacial score (nSPS) is 10.3. The minimum atomic E-state index is -1.32. The largest absolute Gasteiger partial charge is 0.507 e. The first-order valence-corrected chi connectivity index (χ1v) is 7.68. The molecule has 3 rings (SSSR count). The fourth-order valence-electron chi connectivity index (χ4n) is 2.44. The van der Waals surface area contributed by atoms with Crippen LogP contribution in [0.5, 0.6) is 5.75 Å². The lowest BCUT2D eigenvalue weighted by Crippen LogP contribution is -2.12. The number of hydrogen-bond acceptors (Lipinski definition) is 3. The molecule has 0 unspecified atom stereocenters. The number of carbonyl (C=O) groups is 2. The zero-order valence-electron chi connectivity index (χ0n) is 13.4. The summed E-state index contributed by atoms with van der Waals surface area (Å²) in [6.45, 7) is 0. The summed E-state index contributed by atoms with van der Waals surface area (Å²) in [5, 5.41) is 21.2. The van der Waals surface area contributed by atoms with Crippen LogP contribution in [0.3, 0.4) is 0 Å². The van der Waals surface area contributed by atoms with E-state index in [4.69, 9.17) is 5.11 Å². The van der Waals surface area contributed by atoms with Crippen molar-refractivity contribution in [3.8, 4) is 16.9 Å². The Labute approximate surface area is 148 Å². The number of benzene rings is 3. The van der Waals surface area contributed by atoms with Gasteiger partial charge < -0.3 is 15.5 Å². The molecule has 0 saturated heterocycles. The van der Waals surface area contributed by atoms with Crippen molar-refractivity contribution < 1.29 is 24.2 Å². The van der Waals surface area contributed by atoms with Gasteiger partial charge in [-0.25, -0.2) is 9.18 Å². The van der Waals surface area contributed by atoms with Gasteiger partial charge in [0.25, 0.3) is 5.91 Å². The van der Waals surface area contributed by atoms with Gasteiger partial charge in [-0.15, -0.1) is 0 Å². The van der Waals surface area contributed by atoms with E-state index in [-0.39, 0.29) is 16.9 Å². The van der Waals surface area contributed by atoms with Crippen molar-refractivity contribution in [1.82, 2.24) is 0 Å². The molecule has 3 aromatic carbocycles. The number of amides is 1. The zero-order valence-corrected chi connectivity index (χ0v) is 13.4. The van der Waals surface area contributed by atoms with Gasteiger partial charge in [-0.2, -0.15) is 0 Å². The predicted octanol–water partition coefficient (Wildman–Crippen LogP) is 4.15. The molecular formula is C20H14FNO4. The standard InChI is InChI=1S/C20H14FNO4/c21-15-6-1-12(2-7-15)13-3-8-16(9-4-13)22-19(24)14-5-10-18(23)17(11-14)20(25)26/h1-11,23H,(H,22,24)(H,25,26). The molecule has 3 aromatic rings. The molecule has 1 amide bonds. The summed E-state index contributed by atoms with van der Waals surface area (Å²) in [7, 11) is 0. The molecule has 0 heterocycles. The van der Waals surface area contributed by atoms with Crippen molar-refractivity contribution in [2.45, 2.75) is 0 Å². The van der Waals surface area contributed by atoms with E-state index in [0.717, 1.165) is 23.3 Å². The number of nitrogens with one attached hydrogen (secondary N) is 1. The minimum absolute atomic E-state index is 0.114. The van der Waals surface area contributed by atoms with Crippen molar-refractivity contribution in [2.75, 3.05) is 5.32 Å². The van der Waals surface area contributed by atoms with E-state index in [9.17, 15) is 19.1 Å². The first-order valence-electron chi connectivity index (χ1n) is 7.68. The number of anilines is 1. The Morgan fingerprint density at radius 1 is 0.846 bits per heavy atom. The Kier molecular flexibility index (Phi) is 4.66. The number of carboxylic acids is 1. The van der Waals surface area contributed by atoms with Gasteiger partial charge in [0.2, 0.25) is 0 Å². The van der Waals surface area contributed by atoms with Crippen molar-refractivity contribution in [1.29, 1.82) is 0 Å². The summed E-state index contributed by atoms with van der Waals surface area (Å²) in [4.78, 5) is 23.3. The molecule has 130 valence electrons. The molecular weight excluding hydrogens is 337 g/mol. The average Bonchev–Trinajstić information content (AvgIpc) is 2.63. The van der Waals surface area contributed by atoms with Crippen molar-refractivity contribution >= 4 is 17.6 Å². The molecule has 0 radical (unpaired) electrons. The van der Waals surface area contributed by atoms with Gasteiger partial charge in [0.05, 0.1) is 0 Å². The van der Waals surface area contributed by atoms with Crippen molar-refractivity contribution in [3.05, 3.63) is 83.7 Å². The van der Waals surface area contributed by atoms with Crippen molar-refractivity contribution in [3.63, 3.8) is 0 Å². The van der Waals surface area contributed by atoms with E-state index >= 15 is 0 Å². The smallest absolute Gasteiger partial charge is 0.339 e. The number of phenols is 1. The van der Waals surface area contributed by atoms with Crippen molar-refractivity contribution in [2.24, 2.45) is 0 Å². The number of hydrogen-bond donors (Lipinski definition) is 3. The number of carbonyl (C=O) groups excluding carboxylic acids is 1. The number of carboxylic acid groups (broad SMARTS) is 1. The highest BCUT2D eigenvalue weighted by atomic mass is 19.1. The Balaban J connectivity index is 1.77. The molecule has 0 fully saturated rings. The molecule has 0 aliphatic carbocycles. The lowest BCUT2D eigenvalue weighted by molar-refractivity contribution is 0.0693. The van der Waals surface area contributed by atoms with Crippen LogP contribution < -0.4 is 5.32 Å². The number of halogens is 1. The Bertz CT molecular complexity index is 966. The number of aromatic hydroxyl groups is 1. The summed E-state index contributed by atoms with van der Waals surface area (Å²) in [5.41, 5.74) is 1.99. The first kappa shape index (κ1) is 17.2. The predicted molar refractivity (Wildman–Crippen MR) is 94.9 cm³/mol. The van der Waals surface area contributed by atoms with Gasteiger partial charge >= 0.3 is 5.97 Å². The quantitative estimate of drug-likeness (QED) is 0.659. The molecule has 0 bridgehead atoms. The summed E-state index contributed by atoms with van der Waals surface area (Å²) in [5.74, 6) is -2.53. The van der Waals surface area contributed by atoms with E-state index in [0.29, 0.717) is 5.69 Å². The maximum atomic E-state index is 13.0. The Hall–Kier alpha value is -3.67. The lowest BCUT2D eigenvalue weighted by Gasteiger charge is -2.08. The monoisotopic (exact) mass is 351 g/mol. The number of aromatic carboxylic acids is 1. The summed E-state index contributed by atoms with van der Waals surface area (Å²) >= 11 is 0. The van der Waals surface area contributed by atoms with Crippen LogP contribution in [0.25, 0.3) is 11.1 Å². The Morgan fingerprint density at radius 3 is 2.00 bits per heavy atom. The van der Waals surface area contributed by atoms with E-state index in [1.54, 1.807) is 36.4 Å². The highest BCUT2D eigenvalue weighted by Gasteiger charge is 2.14. The highest BCUT2D eigenvalue weighted by Crippen LogP contribution is 2.23. The first-order chi connectivity index (χ1) is 12.4. The van der Waals surface area contributed by atoms with Gasteiger partial charge in [-0.05, 0) is 53.6 Å². The molecule has 0 aliphatic heterocycles. The topological polar surface area (TPSA) is 86.6 Å². The number of rotatable bonds is 4. The molecule has 0 atom stereocenters. The van der Waals surface area contributed by atoms with Crippen LogP contribution in [0.2, 0.25) is 0 Å². The van der Waals surface area contributed by atoms with Gasteiger partial charge in [-0.1, -0.05) is 24.3 Å². The fraction of sp³-hybridized carbons (Fsp3) is 0. The van der Waals surface area contributed by atoms with Gasteiger partial charge in [-0.3, -0.25) is 4.79 Å². The molecule has 26 heavy (non-hydrogen) atoms. The summed E-state index contributed by atoms with van der Waals surface area (Å²) < 4.78 is 13.0. The maximum Gasteiger partial charge on any atom is 0.339 e. The van der Waals surface area contributed by atoms with Crippen LogP contribution in [0.15, 0.2) is 66.7 Å². The van der Waals surface area contributed by atoms with E-state index in [2.05, 4.69) is 5.32 Å². The molecule has 3 N–H and O–H groups in total.